The lowest BCUT2D eigenvalue weighted by Gasteiger charge is -2.26. The summed E-state index contributed by atoms with van der Waals surface area (Å²) in [6.07, 6.45) is 2.93. The quantitative estimate of drug-likeness (QED) is 0.546. The second kappa shape index (κ2) is 7.22. The van der Waals surface area contributed by atoms with Crippen LogP contribution in [0.1, 0.15) is 11.1 Å². The van der Waals surface area contributed by atoms with E-state index in [0.717, 1.165) is 53.2 Å². The van der Waals surface area contributed by atoms with E-state index < -0.39 is 0 Å². The number of likely N-dealkylation sites (N-methyl/N-ethyl adjacent to an activating group) is 1. The predicted molar refractivity (Wildman–Crippen MR) is 116 cm³/mol. The summed E-state index contributed by atoms with van der Waals surface area (Å²) >= 11 is 0. The summed E-state index contributed by atoms with van der Waals surface area (Å²) < 4.78 is 5.66. The van der Waals surface area contributed by atoms with Crippen molar-refractivity contribution in [2.45, 2.75) is 13.0 Å². The Balaban J connectivity index is 1.58. The van der Waals surface area contributed by atoms with Gasteiger partial charge in [0.25, 0.3) is 0 Å². The first-order valence-electron chi connectivity index (χ1n) is 9.77. The molecule has 0 spiro atoms. The van der Waals surface area contributed by atoms with Gasteiger partial charge < -0.3 is 19.9 Å². The van der Waals surface area contributed by atoms with Crippen LogP contribution in [0.5, 0.6) is 5.75 Å². The number of fused-ring (bicyclic) bond motifs is 2. The van der Waals surface area contributed by atoms with Crippen molar-refractivity contribution in [3.63, 3.8) is 0 Å². The van der Waals surface area contributed by atoms with Gasteiger partial charge in [0.2, 0.25) is 5.95 Å². The summed E-state index contributed by atoms with van der Waals surface area (Å²) in [5.41, 5.74) is 6.30. The van der Waals surface area contributed by atoms with E-state index >= 15 is 0 Å². The number of ether oxygens (including phenoxy) is 1. The molecule has 0 saturated carbocycles. The van der Waals surface area contributed by atoms with Gasteiger partial charge in [-0.15, -0.1) is 0 Å². The highest BCUT2D eigenvalue weighted by Crippen LogP contribution is 2.34. The van der Waals surface area contributed by atoms with Gasteiger partial charge in [0.15, 0.2) is 0 Å². The Hall–Kier alpha value is -3.38. The minimum Gasteiger partial charge on any atom is -0.495 e. The van der Waals surface area contributed by atoms with Crippen molar-refractivity contribution in [2.75, 3.05) is 26.0 Å². The molecule has 146 valence electrons. The van der Waals surface area contributed by atoms with E-state index in [0.29, 0.717) is 5.95 Å². The molecule has 0 atom stereocenters. The highest BCUT2D eigenvalue weighted by molar-refractivity contribution is 5.91. The van der Waals surface area contributed by atoms with Gasteiger partial charge in [-0.05, 0) is 42.8 Å². The van der Waals surface area contributed by atoms with Gasteiger partial charge in [-0.2, -0.15) is 4.98 Å². The zero-order valence-corrected chi connectivity index (χ0v) is 16.6. The van der Waals surface area contributed by atoms with E-state index in [-0.39, 0.29) is 0 Å². The van der Waals surface area contributed by atoms with Crippen LogP contribution >= 0.6 is 0 Å². The van der Waals surface area contributed by atoms with E-state index in [1.807, 2.05) is 30.5 Å². The largest absolute Gasteiger partial charge is 0.495 e. The average Bonchev–Trinajstić information content (AvgIpc) is 3.22. The third-order valence-corrected chi connectivity index (χ3v) is 5.43. The molecule has 0 unspecified atom stereocenters. The van der Waals surface area contributed by atoms with E-state index in [2.05, 4.69) is 51.5 Å². The molecule has 0 radical (unpaired) electrons. The van der Waals surface area contributed by atoms with E-state index in [9.17, 15) is 0 Å². The molecule has 5 rings (SSSR count). The number of aromatic nitrogens is 3. The third-order valence-electron chi connectivity index (χ3n) is 5.43. The van der Waals surface area contributed by atoms with Gasteiger partial charge in [-0.25, -0.2) is 4.98 Å². The smallest absolute Gasteiger partial charge is 0.229 e. The number of nitrogens with zero attached hydrogens (tertiary/aromatic N) is 3. The molecule has 2 aromatic carbocycles. The maximum atomic E-state index is 5.66. The molecule has 6 heteroatoms. The topological polar surface area (TPSA) is 66.1 Å². The molecule has 4 aromatic rings. The fourth-order valence-electron chi connectivity index (χ4n) is 3.93. The monoisotopic (exact) mass is 385 g/mol. The standard InChI is InChI=1S/C23H23N5O/c1-28-11-9-16-13-20(29-2)19(12-17(16)14-28)25-23-26-21(15-6-4-3-5-7-15)18-8-10-24-22(18)27-23/h3-8,10,12-13H,9,11,14H2,1-2H3,(H2,24,25,26,27). The van der Waals surface area contributed by atoms with Crippen molar-refractivity contribution in [3.8, 4) is 17.0 Å². The summed E-state index contributed by atoms with van der Waals surface area (Å²) in [4.78, 5) is 15.0. The summed E-state index contributed by atoms with van der Waals surface area (Å²) in [5.74, 6) is 1.35. The van der Waals surface area contributed by atoms with Gasteiger partial charge in [0.05, 0.1) is 18.5 Å². The summed E-state index contributed by atoms with van der Waals surface area (Å²) in [7, 11) is 3.85. The summed E-state index contributed by atoms with van der Waals surface area (Å²) in [6, 6.07) is 16.5. The molecular weight excluding hydrogens is 362 g/mol. The Morgan fingerprint density at radius 3 is 2.76 bits per heavy atom. The SMILES string of the molecule is COc1cc2c(cc1Nc1nc(-c3ccccc3)c3cc[nH]c3n1)CN(C)CC2. The molecule has 0 saturated heterocycles. The van der Waals surface area contributed by atoms with E-state index in [4.69, 9.17) is 9.72 Å². The number of nitrogens with one attached hydrogen (secondary N) is 2. The maximum Gasteiger partial charge on any atom is 0.229 e. The summed E-state index contributed by atoms with van der Waals surface area (Å²) in [6.45, 7) is 2.00. The molecule has 3 heterocycles. The van der Waals surface area contributed by atoms with Gasteiger partial charge in [0, 0.05) is 30.2 Å². The van der Waals surface area contributed by atoms with Crippen LogP contribution in [-0.2, 0) is 13.0 Å². The first-order valence-corrected chi connectivity index (χ1v) is 9.77. The van der Waals surface area contributed by atoms with Gasteiger partial charge >= 0.3 is 0 Å². The van der Waals surface area contributed by atoms with Crippen molar-refractivity contribution < 1.29 is 4.74 Å². The van der Waals surface area contributed by atoms with Crippen LogP contribution in [0, 0.1) is 0 Å². The Morgan fingerprint density at radius 2 is 1.93 bits per heavy atom. The molecule has 6 nitrogen and oxygen atoms in total. The number of H-pyrrole nitrogens is 1. The molecule has 2 aromatic heterocycles. The molecular formula is C23H23N5O. The normalized spacial score (nSPS) is 14.0. The fourth-order valence-corrected chi connectivity index (χ4v) is 3.93. The molecule has 1 aliphatic heterocycles. The minimum absolute atomic E-state index is 0.543. The average molecular weight is 385 g/mol. The van der Waals surface area contributed by atoms with Gasteiger partial charge in [-0.1, -0.05) is 30.3 Å². The lowest BCUT2D eigenvalue weighted by atomic mass is 9.99. The summed E-state index contributed by atoms with van der Waals surface area (Å²) in [5, 5.41) is 4.40. The van der Waals surface area contributed by atoms with Crippen LogP contribution in [0.15, 0.2) is 54.7 Å². The molecule has 0 bridgehead atoms. The lowest BCUT2D eigenvalue weighted by molar-refractivity contribution is 0.312. The van der Waals surface area contributed by atoms with Gasteiger partial charge in [-0.3, -0.25) is 0 Å². The Bertz CT molecular complexity index is 1170. The Labute approximate surface area is 169 Å². The van der Waals surface area contributed by atoms with Crippen molar-refractivity contribution >= 4 is 22.7 Å². The first-order chi connectivity index (χ1) is 14.2. The zero-order valence-electron chi connectivity index (χ0n) is 16.6. The van der Waals surface area contributed by atoms with Crippen LogP contribution in [0.4, 0.5) is 11.6 Å². The Kier molecular flexibility index (Phi) is 4.41. The van der Waals surface area contributed by atoms with Crippen LogP contribution in [0.3, 0.4) is 0 Å². The second-order valence-corrected chi connectivity index (χ2v) is 7.44. The molecule has 29 heavy (non-hydrogen) atoms. The zero-order chi connectivity index (χ0) is 19.8. The van der Waals surface area contributed by atoms with E-state index in [1.54, 1.807) is 7.11 Å². The highest BCUT2D eigenvalue weighted by atomic mass is 16.5. The highest BCUT2D eigenvalue weighted by Gasteiger charge is 2.18. The molecule has 2 N–H and O–H groups in total. The molecule has 0 fully saturated rings. The molecule has 1 aliphatic rings. The number of aromatic amines is 1. The number of rotatable bonds is 4. The van der Waals surface area contributed by atoms with Crippen molar-refractivity contribution in [1.82, 2.24) is 19.9 Å². The second-order valence-electron chi connectivity index (χ2n) is 7.44. The first kappa shape index (κ1) is 17.7. The lowest BCUT2D eigenvalue weighted by Crippen LogP contribution is -2.26. The number of hydrogen-bond donors (Lipinski definition) is 2. The fraction of sp³-hybridized carbons (Fsp3) is 0.217. The number of methoxy groups -OCH3 is 1. The maximum absolute atomic E-state index is 5.66. The number of benzene rings is 2. The number of hydrogen-bond acceptors (Lipinski definition) is 5. The van der Waals surface area contributed by atoms with Crippen molar-refractivity contribution in [3.05, 3.63) is 65.9 Å². The molecule has 0 amide bonds. The van der Waals surface area contributed by atoms with Crippen molar-refractivity contribution in [1.29, 1.82) is 0 Å². The number of anilines is 2. The van der Waals surface area contributed by atoms with Crippen LogP contribution in [0.25, 0.3) is 22.3 Å². The van der Waals surface area contributed by atoms with E-state index in [1.165, 1.54) is 11.1 Å². The Morgan fingerprint density at radius 1 is 1.07 bits per heavy atom. The van der Waals surface area contributed by atoms with Crippen LogP contribution < -0.4 is 10.1 Å². The van der Waals surface area contributed by atoms with Crippen LogP contribution in [0.2, 0.25) is 0 Å². The van der Waals surface area contributed by atoms with Crippen LogP contribution in [-0.4, -0.2) is 40.6 Å². The molecule has 0 aliphatic carbocycles. The predicted octanol–water partition coefficient (Wildman–Crippen LogP) is 4.37. The van der Waals surface area contributed by atoms with Gasteiger partial charge in [0.1, 0.15) is 11.4 Å². The van der Waals surface area contributed by atoms with Crippen molar-refractivity contribution in [2.24, 2.45) is 0 Å². The third kappa shape index (κ3) is 3.32. The minimum atomic E-state index is 0.543.